The van der Waals surface area contributed by atoms with E-state index in [1.54, 1.807) is 14.0 Å². The predicted molar refractivity (Wildman–Crippen MR) is 136 cm³/mol. The van der Waals surface area contributed by atoms with E-state index in [0.29, 0.717) is 31.6 Å². The molecule has 172 valence electrons. The molecule has 7 nitrogen and oxygen atoms in total. The summed E-state index contributed by atoms with van der Waals surface area (Å²) in [6.07, 6.45) is 1.78. The fourth-order valence-corrected chi connectivity index (χ4v) is 4.45. The van der Waals surface area contributed by atoms with Gasteiger partial charge in [-0.1, -0.05) is 30.3 Å². The molecule has 2 N–H and O–H groups in total. The Hall–Kier alpha value is -0.910. The summed E-state index contributed by atoms with van der Waals surface area (Å²) in [5, 5.41) is 6.86. The van der Waals surface area contributed by atoms with Gasteiger partial charge >= 0.3 is 0 Å². The lowest BCUT2D eigenvalue weighted by Gasteiger charge is -2.21. The van der Waals surface area contributed by atoms with Gasteiger partial charge in [-0.25, -0.2) is 12.7 Å². The molecule has 0 radical (unpaired) electrons. The lowest BCUT2D eigenvalue weighted by molar-refractivity contribution is 0.258. The first-order chi connectivity index (χ1) is 13.9. The largest absolute Gasteiger partial charge is 0.357 e. The molecule has 1 aliphatic heterocycles. The lowest BCUT2D eigenvalue weighted by atomic mass is 10.2. The Labute approximate surface area is 199 Å². The molecule has 2 unspecified atom stereocenters. The van der Waals surface area contributed by atoms with E-state index in [1.165, 1.54) is 9.87 Å². The zero-order valence-electron chi connectivity index (χ0n) is 18.7. The molecule has 0 amide bonds. The third kappa shape index (κ3) is 8.68. The van der Waals surface area contributed by atoms with Crippen LogP contribution in [0, 0.1) is 0 Å². The van der Waals surface area contributed by atoms with Crippen molar-refractivity contribution in [1.82, 2.24) is 19.8 Å². The Balaban J connectivity index is 0.00000450. The number of likely N-dealkylation sites (tertiary alicyclic amines) is 1. The molecule has 1 fully saturated rings. The third-order valence-corrected chi connectivity index (χ3v) is 7.22. The van der Waals surface area contributed by atoms with E-state index in [4.69, 9.17) is 0 Å². The number of hydrogen-bond acceptors (Lipinski definition) is 4. The van der Waals surface area contributed by atoms with Crippen molar-refractivity contribution >= 4 is 40.0 Å². The van der Waals surface area contributed by atoms with Crippen molar-refractivity contribution < 1.29 is 8.42 Å². The number of aliphatic imine (C=N–C) groups is 1. The topological polar surface area (TPSA) is 77.0 Å². The van der Waals surface area contributed by atoms with Crippen molar-refractivity contribution in [2.24, 2.45) is 4.99 Å². The highest BCUT2D eigenvalue weighted by atomic mass is 127. The second kappa shape index (κ2) is 13.5. The van der Waals surface area contributed by atoms with Crippen molar-refractivity contribution in [2.75, 3.05) is 39.0 Å². The van der Waals surface area contributed by atoms with Gasteiger partial charge in [0.1, 0.15) is 0 Å². The number of guanidine groups is 1. The van der Waals surface area contributed by atoms with Gasteiger partial charge in [0.15, 0.2) is 5.96 Å². The molecule has 0 bridgehead atoms. The Bertz CT molecular complexity index is 745. The average molecular weight is 552 g/mol. The summed E-state index contributed by atoms with van der Waals surface area (Å²) in [4.78, 5) is 7.15. The highest BCUT2D eigenvalue weighted by Crippen LogP contribution is 2.20. The molecule has 0 aromatic heterocycles. The van der Waals surface area contributed by atoms with Crippen LogP contribution in [0.2, 0.25) is 0 Å². The molecular weight excluding hydrogens is 513 g/mol. The van der Waals surface area contributed by atoms with Crippen LogP contribution in [0.4, 0.5) is 0 Å². The fraction of sp³-hybridized carbons (Fsp3) is 0.667. The van der Waals surface area contributed by atoms with Gasteiger partial charge in [-0.2, -0.15) is 0 Å². The van der Waals surface area contributed by atoms with Crippen molar-refractivity contribution in [1.29, 1.82) is 0 Å². The van der Waals surface area contributed by atoms with Crippen LogP contribution < -0.4 is 10.6 Å². The number of rotatable bonds is 10. The highest BCUT2D eigenvalue weighted by molar-refractivity contribution is 14.0. The van der Waals surface area contributed by atoms with Crippen LogP contribution in [0.5, 0.6) is 0 Å². The first kappa shape index (κ1) is 27.1. The number of sulfonamides is 1. The molecule has 1 aromatic rings. The van der Waals surface area contributed by atoms with E-state index in [9.17, 15) is 8.42 Å². The van der Waals surface area contributed by atoms with Gasteiger partial charge in [-0.05, 0) is 39.2 Å². The maximum absolute atomic E-state index is 11.8. The third-order valence-electron chi connectivity index (χ3n) is 5.36. The quantitative estimate of drug-likeness (QED) is 0.202. The first-order valence-corrected chi connectivity index (χ1v) is 12.2. The monoisotopic (exact) mass is 551 g/mol. The molecule has 9 heteroatoms. The van der Waals surface area contributed by atoms with Crippen LogP contribution in [0.1, 0.15) is 39.2 Å². The minimum atomic E-state index is -3.12. The van der Waals surface area contributed by atoms with Crippen molar-refractivity contribution in [3.05, 3.63) is 35.9 Å². The van der Waals surface area contributed by atoms with Crippen LogP contribution in [-0.4, -0.2) is 74.6 Å². The van der Waals surface area contributed by atoms with Gasteiger partial charge in [-0.15, -0.1) is 24.0 Å². The summed E-state index contributed by atoms with van der Waals surface area (Å²) < 4.78 is 25.0. The number of nitrogens with one attached hydrogen (secondary N) is 2. The van der Waals surface area contributed by atoms with Gasteiger partial charge in [0, 0.05) is 51.9 Å². The minimum absolute atomic E-state index is 0. The molecule has 2 rings (SSSR count). The summed E-state index contributed by atoms with van der Waals surface area (Å²) >= 11 is 0. The molecule has 0 saturated carbocycles. The molecule has 30 heavy (non-hydrogen) atoms. The Kier molecular flexibility index (Phi) is 12.2. The summed E-state index contributed by atoms with van der Waals surface area (Å²) in [6, 6.07) is 11.5. The Morgan fingerprint density at radius 3 is 2.60 bits per heavy atom. The standard InChI is InChI=1S/C21H37N5O2S.HI/c1-5-22-21(23-13-10-14-25(4)29(27,28)6-2)24-20-15-18(3)26(17-20)16-19-11-8-7-9-12-19;/h7-9,11-12,18,20H,5-6,10,13-17H2,1-4H3,(H2,22,23,24);1H. The molecule has 2 atom stereocenters. The summed E-state index contributed by atoms with van der Waals surface area (Å²) in [7, 11) is -1.49. The fourth-order valence-electron chi connectivity index (χ4n) is 3.60. The average Bonchev–Trinajstić information content (AvgIpc) is 3.04. The SMILES string of the molecule is CCNC(=NCCCN(C)S(=O)(=O)CC)NC1CC(C)N(Cc2ccccc2)C1.I. The molecule has 1 saturated heterocycles. The van der Waals surface area contributed by atoms with Crippen LogP contribution >= 0.6 is 24.0 Å². The van der Waals surface area contributed by atoms with Gasteiger partial charge < -0.3 is 10.6 Å². The van der Waals surface area contributed by atoms with Crippen molar-refractivity contribution in [2.45, 2.75) is 52.2 Å². The van der Waals surface area contributed by atoms with Gasteiger partial charge in [-0.3, -0.25) is 9.89 Å². The second-order valence-corrected chi connectivity index (χ2v) is 10.0. The van der Waals surface area contributed by atoms with E-state index in [-0.39, 0.29) is 29.7 Å². The van der Waals surface area contributed by atoms with Crippen molar-refractivity contribution in [3.63, 3.8) is 0 Å². The summed E-state index contributed by atoms with van der Waals surface area (Å²) in [5.41, 5.74) is 1.34. The normalized spacial score (nSPS) is 20.2. The van der Waals surface area contributed by atoms with Gasteiger partial charge in [0.05, 0.1) is 5.75 Å². The number of benzene rings is 1. The van der Waals surface area contributed by atoms with E-state index < -0.39 is 10.0 Å². The lowest BCUT2D eigenvalue weighted by Crippen LogP contribution is -2.44. The van der Waals surface area contributed by atoms with Gasteiger partial charge in [0.25, 0.3) is 0 Å². The zero-order chi connectivity index (χ0) is 21.3. The zero-order valence-corrected chi connectivity index (χ0v) is 21.8. The minimum Gasteiger partial charge on any atom is -0.357 e. The maximum atomic E-state index is 11.8. The van der Waals surface area contributed by atoms with E-state index in [0.717, 1.165) is 32.0 Å². The van der Waals surface area contributed by atoms with Crippen LogP contribution in [0.15, 0.2) is 35.3 Å². The number of nitrogens with zero attached hydrogens (tertiary/aromatic N) is 3. The second-order valence-electron chi connectivity index (χ2n) is 7.68. The molecular formula is C21H38IN5O2S. The predicted octanol–water partition coefficient (Wildman–Crippen LogP) is 2.49. The van der Waals surface area contributed by atoms with Gasteiger partial charge in [0.2, 0.25) is 10.0 Å². The molecule has 1 heterocycles. The van der Waals surface area contributed by atoms with Crippen molar-refractivity contribution in [3.8, 4) is 0 Å². The summed E-state index contributed by atoms with van der Waals surface area (Å²) in [5.74, 6) is 0.948. The number of hydrogen-bond donors (Lipinski definition) is 2. The Morgan fingerprint density at radius 2 is 1.97 bits per heavy atom. The molecule has 1 aromatic carbocycles. The van der Waals surface area contributed by atoms with Crippen LogP contribution in [0.3, 0.4) is 0 Å². The molecule has 0 spiro atoms. The summed E-state index contributed by atoms with van der Waals surface area (Å²) in [6.45, 7) is 9.83. The van der Waals surface area contributed by atoms with Crippen LogP contribution in [0.25, 0.3) is 0 Å². The van der Waals surface area contributed by atoms with E-state index in [1.807, 2.05) is 0 Å². The van der Waals surface area contributed by atoms with E-state index in [2.05, 4.69) is 64.7 Å². The smallest absolute Gasteiger partial charge is 0.213 e. The van der Waals surface area contributed by atoms with E-state index >= 15 is 0 Å². The molecule has 0 aliphatic carbocycles. The molecule has 1 aliphatic rings. The highest BCUT2D eigenvalue weighted by Gasteiger charge is 2.29. The first-order valence-electron chi connectivity index (χ1n) is 10.6. The maximum Gasteiger partial charge on any atom is 0.213 e. The Morgan fingerprint density at radius 1 is 1.27 bits per heavy atom. The number of halogens is 1. The van der Waals surface area contributed by atoms with Crippen LogP contribution in [-0.2, 0) is 16.6 Å².